The van der Waals surface area contributed by atoms with Gasteiger partial charge < -0.3 is 4.57 Å². The van der Waals surface area contributed by atoms with Gasteiger partial charge in [-0.2, -0.15) is 15.1 Å². The number of hydrazone groups is 1. The van der Waals surface area contributed by atoms with Crippen LogP contribution >= 0.6 is 23.4 Å². The number of nitrogens with zero attached hydrogens (tertiary/aromatic N) is 4. The van der Waals surface area contributed by atoms with Gasteiger partial charge in [-0.25, -0.2) is 0 Å². The zero-order valence-electron chi connectivity index (χ0n) is 18.1. The second-order valence-corrected chi connectivity index (χ2v) is 9.86. The van der Waals surface area contributed by atoms with E-state index in [0.29, 0.717) is 16.1 Å². The molecule has 6 nitrogen and oxygen atoms in total. The Hall–Kier alpha value is -2.64. The topological polar surface area (TPSA) is 73.8 Å². The van der Waals surface area contributed by atoms with Crippen LogP contribution in [0.2, 0.25) is 5.02 Å². The highest BCUT2D eigenvalue weighted by Gasteiger charge is 2.38. The lowest BCUT2D eigenvalue weighted by molar-refractivity contribution is -0.114. The van der Waals surface area contributed by atoms with Crippen LogP contribution in [0, 0.1) is 25.2 Å². The molecule has 0 bridgehead atoms. The van der Waals surface area contributed by atoms with Crippen LogP contribution in [0.25, 0.3) is 11.8 Å². The first-order valence-electron chi connectivity index (χ1n) is 10.9. The van der Waals surface area contributed by atoms with E-state index >= 15 is 0 Å². The molecule has 1 N–H and O–H groups in total. The number of aromatic nitrogens is 1. The number of amides is 1. The van der Waals surface area contributed by atoms with E-state index in [0.717, 1.165) is 40.5 Å². The lowest BCUT2D eigenvalue weighted by Gasteiger charge is -2.20. The van der Waals surface area contributed by atoms with Crippen molar-refractivity contribution in [1.82, 2.24) is 9.58 Å². The molecule has 0 unspecified atom stereocenters. The van der Waals surface area contributed by atoms with Gasteiger partial charge in [-0.3, -0.25) is 10.2 Å². The zero-order valence-corrected chi connectivity index (χ0v) is 19.6. The summed E-state index contributed by atoms with van der Waals surface area (Å²) >= 11 is 7.49. The average molecular weight is 466 g/mol. The summed E-state index contributed by atoms with van der Waals surface area (Å²) in [7, 11) is 0. The summed E-state index contributed by atoms with van der Waals surface area (Å²) in [6, 6.07) is 9.67. The summed E-state index contributed by atoms with van der Waals surface area (Å²) in [5.41, 5.74) is 4.16. The SMILES string of the molecule is Cc1cc(C=C2C(=N)N3N=C(C4CCCCC4)SC3=NC2=O)c(C)n1-c1ccc(Cl)cc1. The van der Waals surface area contributed by atoms with Gasteiger partial charge in [0.05, 0.1) is 5.57 Å². The predicted molar refractivity (Wildman–Crippen MR) is 132 cm³/mol. The number of hydrogen-bond acceptors (Lipinski definition) is 4. The molecule has 1 aromatic carbocycles. The third-order valence-electron chi connectivity index (χ3n) is 6.28. The van der Waals surface area contributed by atoms with Crippen LogP contribution in [-0.2, 0) is 4.79 Å². The Morgan fingerprint density at radius 1 is 1.16 bits per heavy atom. The fraction of sp³-hybridized carbons (Fsp3) is 0.333. The van der Waals surface area contributed by atoms with Gasteiger partial charge in [0.2, 0.25) is 5.17 Å². The number of halogens is 1. The molecule has 1 fully saturated rings. The Bertz CT molecular complexity index is 1200. The Morgan fingerprint density at radius 2 is 1.88 bits per heavy atom. The standard InChI is InChI=1S/C24H24ClN5OS/c1-14-12-17(15(2)29(14)19-10-8-18(25)9-11-19)13-20-21(26)30-24(27-22(20)31)32-23(28-30)16-6-4-3-5-7-16/h8-13,16,26H,3-7H2,1-2H3. The predicted octanol–water partition coefficient (Wildman–Crippen LogP) is 5.95. The normalized spacial score (nSPS) is 20.6. The van der Waals surface area contributed by atoms with Gasteiger partial charge in [0.15, 0.2) is 5.84 Å². The maximum Gasteiger partial charge on any atom is 0.283 e. The molecular formula is C24H24ClN5OS. The Labute approximate surface area is 196 Å². The molecule has 0 radical (unpaired) electrons. The Balaban J connectivity index is 1.47. The zero-order chi connectivity index (χ0) is 22.4. The quantitative estimate of drug-likeness (QED) is 0.569. The van der Waals surface area contributed by atoms with Crippen molar-refractivity contribution < 1.29 is 4.79 Å². The molecule has 0 spiro atoms. The highest BCUT2D eigenvalue weighted by molar-refractivity contribution is 8.27. The van der Waals surface area contributed by atoms with Crippen LogP contribution < -0.4 is 0 Å². The van der Waals surface area contributed by atoms with Crippen molar-refractivity contribution in [2.45, 2.75) is 46.0 Å². The van der Waals surface area contributed by atoms with Crippen molar-refractivity contribution in [3.63, 3.8) is 0 Å². The Morgan fingerprint density at radius 3 is 2.59 bits per heavy atom. The van der Waals surface area contributed by atoms with Crippen LogP contribution in [0.4, 0.5) is 0 Å². The van der Waals surface area contributed by atoms with Gasteiger partial charge in [0.1, 0.15) is 5.04 Å². The first-order valence-corrected chi connectivity index (χ1v) is 12.1. The molecule has 1 amide bonds. The number of hydrogen-bond donors (Lipinski definition) is 1. The van der Waals surface area contributed by atoms with Crippen LogP contribution in [0.5, 0.6) is 0 Å². The molecule has 2 aromatic rings. The van der Waals surface area contributed by atoms with E-state index in [1.807, 2.05) is 44.2 Å². The van der Waals surface area contributed by atoms with Crippen LogP contribution in [0.3, 0.4) is 0 Å². The maximum atomic E-state index is 12.8. The van der Waals surface area contributed by atoms with Gasteiger partial charge in [-0.1, -0.05) is 30.9 Å². The summed E-state index contributed by atoms with van der Waals surface area (Å²) in [6.45, 7) is 4.02. The van der Waals surface area contributed by atoms with E-state index in [1.54, 1.807) is 6.08 Å². The molecular weight excluding hydrogens is 442 g/mol. The Kier molecular flexibility index (Phi) is 5.55. The van der Waals surface area contributed by atoms with Crippen LogP contribution in [0.1, 0.15) is 49.1 Å². The fourth-order valence-electron chi connectivity index (χ4n) is 4.60. The summed E-state index contributed by atoms with van der Waals surface area (Å²) < 4.78 is 2.11. The van der Waals surface area contributed by atoms with Gasteiger partial charge >= 0.3 is 0 Å². The smallest absolute Gasteiger partial charge is 0.283 e. The summed E-state index contributed by atoms with van der Waals surface area (Å²) in [5.74, 6) is 0.121. The molecule has 8 heteroatoms. The number of aliphatic imine (C=N–C) groups is 1. The molecule has 0 atom stereocenters. The van der Waals surface area contributed by atoms with E-state index in [-0.39, 0.29) is 17.3 Å². The van der Waals surface area contributed by atoms with Gasteiger partial charge in [0.25, 0.3) is 5.91 Å². The molecule has 164 valence electrons. The molecule has 5 rings (SSSR count). The minimum Gasteiger partial charge on any atom is -0.318 e. The monoisotopic (exact) mass is 465 g/mol. The summed E-state index contributed by atoms with van der Waals surface area (Å²) in [4.78, 5) is 17.1. The first-order chi connectivity index (χ1) is 15.4. The van der Waals surface area contributed by atoms with Crippen LogP contribution in [0.15, 0.2) is 46.0 Å². The molecule has 32 heavy (non-hydrogen) atoms. The number of benzene rings is 1. The number of carbonyl (C=O) groups is 1. The number of nitrogens with one attached hydrogen (secondary N) is 1. The number of carbonyl (C=O) groups excluding carboxylic acids is 1. The molecule has 1 aliphatic carbocycles. The van der Waals surface area contributed by atoms with Crippen molar-refractivity contribution in [2.75, 3.05) is 0 Å². The maximum absolute atomic E-state index is 12.8. The highest BCUT2D eigenvalue weighted by atomic mass is 35.5. The van der Waals surface area contributed by atoms with Gasteiger partial charge in [-0.15, -0.1) is 0 Å². The van der Waals surface area contributed by atoms with Gasteiger partial charge in [0, 0.05) is 28.0 Å². The number of thioether (sulfide) groups is 1. The van der Waals surface area contributed by atoms with Gasteiger partial charge in [-0.05, 0) is 80.4 Å². The molecule has 0 saturated heterocycles. The van der Waals surface area contributed by atoms with Crippen LogP contribution in [-0.4, -0.2) is 31.5 Å². The van der Waals surface area contributed by atoms with Crippen molar-refractivity contribution in [3.8, 4) is 5.69 Å². The second-order valence-electron chi connectivity index (χ2n) is 8.43. The fourth-order valence-corrected chi connectivity index (χ4v) is 5.78. The number of aryl methyl sites for hydroxylation is 1. The van der Waals surface area contributed by atoms with Crippen molar-refractivity contribution >= 4 is 51.4 Å². The van der Waals surface area contributed by atoms with Crippen molar-refractivity contribution in [3.05, 3.63) is 57.9 Å². The first kappa shape index (κ1) is 21.2. The largest absolute Gasteiger partial charge is 0.318 e. The number of amidine groups is 2. The van der Waals surface area contributed by atoms with E-state index in [4.69, 9.17) is 17.0 Å². The molecule has 3 heterocycles. The lowest BCUT2D eigenvalue weighted by atomic mass is 9.90. The molecule has 1 saturated carbocycles. The minimum atomic E-state index is -0.384. The average Bonchev–Trinajstić information content (AvgIpc) is 3.33. The lowest BCUT2D eigenvalue weighted by Crippen LogP contribution is -2.35. The van der Waals surface area contributed by atoms with E-state index in [1.165, 1.54) is 36.0 Å². The van der Waals surface area contributed by atoms with E-state index < -0.39 is 0 Å². The van der Waals surface area contributed by atoms with E-state index in [2.05, 4.69) is 14.7 Å². The molecule has 1 aromatic heterocycles. The third-order valence-corrected chi connectivity index (χ3v) is 7.60. The van der Waals surface area contributed by atoms with Crippen molar-refractivity contribution in [2.24, 2.45) is 16.0 Å². The minimum absolute atomic E-state index is 0.0922. The van der Waals surface area contributed by atoms with E-state index in [9.17, 15) is 4.79 Å². The molecule has 2 aliphatic heterocycles. The summed E-state index contributed by atoms with van der Waals surface area (Å²) in [6.07, 6.45) is 7.69. The second kappa shape index (κ2) is 8.37. The third kappa shape index (κ3) is 3.73. The van der Waals surface area contributed by atoms with Crippen molar-refractivity contribution in [1.29, 1.82) is 5.41 Å². The summed E-state index contributed by atoms with van der Waals surface area (Å²) in [5, 5.41) is 17.1. The molecule has 3 aliphatic rings. The highest BCUT2D eigenvalue weighted by Crippen LogP contribution is 2.36. The number of fused-ring (bicyclic) bond motifs is 1. The number of rotatable bonds is 3.